The average Bonchev–Trinajstić information content (AvgIpc) is 2.73. The van der Waals surface area contributed by atoms with Crippen LogP contribution in [0.2, 0.25) is 0 Å². The number of nitrogens with zero attached hydrogens (tertiary/aromatic N) is 1. The highest BCUT2D eigenvalue weighted by molar-refractivity contribution is 5.33. The molecule has 1 heteroatoms. The summed E-state index contributed by atoms with van der Waals surface area (Å²) in [6.45, 7) is 3.90. The molecular formula is C26H37N. The molecule has 1 nitrogen and oxygen atoms in total. The summed E-state index contributed by atoms with van der Waals surface area (Å²) in [6.07, 6.45) is 20.5. The van der Waals surface area contributed by atoms with Gasteiger partial charge in [-0.1, -0.05) is 56.7 Å². The number of allylic oxidation sites excluding steroid dienone is 1. The molecule has 2 fully saturated rings. The Morgan fingerprint density at radius 3 is 1.85 bits per heavy atom. The van der Waals surface area contributed by atoms with Crippen LogP contribution in [0.4, 0.5) is 0 Å². The van der Waals surface area contributed by atoms with E-state index in [-0.39, 0.29) is 0 Å². The van der Waals surface area contributed by atoms with E-state index in [1.807, 2.05) is 12.1 Å². The minimum atomic E-state index is 0.722. The molecule has 1 aromatic rings. The van der Waals surface area contributed by atoms with E-state index in [2.05, 4.69) is 30.9 Å². The summed E-state index contributed by atoms with van der Waals surface area (Å²) in [5.74, 6) is 3.63. The molecule has 0 N–H and O–H groups in total. The van der Waals surface area contributed by atoms with Crippen LogP contribution in [-0.4, -0.2) is 0 Å². The fourth-order valence-electron chi connectivity index (χ4n) is 5.47. The largest absolute Gasteiger partial charge is 0.192 e. The summed E-state index contributed by atoms with van der Waals surface area (Å²) < 4.78 is 0. The topological polar surface area (TPSA) is 23.8 Å². The van der Waals surface area contributed by atoms with Crippen LogP contribution in [0.25, 0.3) is 0 Å². The summed E-state index contributed by atoms with van der Waals surface area (Å²) in [4.78, 5) is 0. The Bertz CT molecular complexity index is 592. The van der Waals surface area contributed by atoms with Gasteiger partial charge in [0.25, 0.3) is 0 Å². The van der Waals surface area contributed by atoms with Crippen molar-refractivity contribution < 1.29 is 0 Å². The van der Waals surface area contributed by atoms with Crippen molar-refractivity contribution in [3.05, 3.63) is 48.0 Å². The molecule has 0 aliphatic heterocycles. The maximum Gasteiger partial charge on any atom is 0.0991 e. The van der Waals surface area contributed by atoms with Crippen molar-refractivity contribution in [1.29, 1.82) is 5.26 Å². The maximum atomic E-state index is 8.94. The molecule has 2 aliphatic rings. The molecule has 0 atom stereocenters. The van der Waals surface area contributed by atoms with Gasteiger partial charge in [0.1, 0.15) is 0 Å². The van der Waals surface area contributed by atoms with Gasteiger partial charge in [-0.15, -0.1) is 6.58 Å². The highest BCUT2D eigenvalue weighted by Gasteiger charge is 2.23. The highest BCUT2D eigenvalue weighted by Crippen LogP contribution is 2.38. The van der Waals surface area contributed by atoms with Gasteiger partial charge in [0.05, 0.1) is 11.6 Å². The van der Waals surface area contributed by atoms with Crippen molar-refractivity contribution in [1.82, 2.24) is 0 Å². The molecule has 2 aliphatic carbocycles. The SMILES string of the molecule is C=CCC1CCC(CCCCC2CCC(c3ccc(C#N)cc3)CC2)CC1. The summed E-state index contributed by atoms with van der Waals surface area (Å²) in [6, 6.07) is 10.5. The first kappa shape index (κ1) is 20.2. The Morgan fingerprint density at radius 1 is 0.815 bits per heavy atom. The maximum absolute atomic E-state index is 8.94. The van der Waals surface area contributed by atoms with E-state index >= 15 is 0 Å². The summed E-state index contributed by atoms with van der Waals surface area (Å²) in [7, 11) is 0. The molecule has 0 spiro atoms. The van der Waals surface area contributed by atoms with E-state index in [1.54, 1.807) is 0 Å². The third-order valence-corrected chi connectivity index (χ3v) is 7.30. The monoisotopic (exact) mass is 363 g/mol. The Labute approximate surface area is 166 Å². The van der Waals surface area contributed by atoms with E-state index in [4.69, 9.17) is 5.26 Å². The van der Waals surface area contributed by atoms with Gasteiger partial charge < -0.3 is 0 Å². The summed E-state index contributed by atoms with van der Waals surface area (Å²) >= 11 is 0. The van der Waals surface area contributed by atoms with Gasteiger partial charge in [0.15, 0.2) is 0 Å². The number of rotatable bonds is 8. The van der Waals surface area contributed by atoms with Gasteiger partial charge in [-0.05, 0) is 86.3 Å². The lowest BCUT2D eigenvalue weighted by molar-refractivity contribution is 0.253. The molecular weight excluding hydrogens is 326 g/mol. The second-order valence-corrected chi connectivity index (χ2v) is 9.15. The van der Waals surface area contributed by atoms with Crippen LogP contribution >= 0.6 is 0 Å². The first-order valence-electron chi connectivity index (χ1n) is 11.4. The Balaban J connectivity index is 1.28. The fourth-order valence-corrected chi connectivity index (χ4v) is 5.47. The smallest absolute Gasteiger partial charge is 0.0991 e. The molecule has 0 radical (unpaired) electrons. The lowest BCUT2D eigenvalue weighted by Crippen LogP contribution is -2.15. The van der Waals surface area contributed by atoms with Crippen LogP contribution in [0.15, 0.2) is 36.9 Å². The number of unbranched alkanes of at least 4 members (excludes halogenated alkanes) is 1. The van der Waals surface area contributed by atoms with Crippen molar-refractivity contribution in [2.24, 2.45) is 17.8 Å². The van der Waals surface area contributed by atoms with E-state index in [1.165, 1.54) is 89.0 Å². The molecule has 3 rings (SSSR count). The lowest BCUT2D eigenvalue weighted by Gasteiger charge is -2.30. The van der Waals surface area contributed by atoms with Crippen LogP contribution in [0.5, 0.6) is 0 Å². The van der Waals surface area contributed by atoms with Crippen molar-refractivity contribution in [2.75, 3.05) is 0 Å². The van der Waals surface area contributed by atoms with Crippen LogP contribution in [0.1, 0.15) is 101 Å². The molecule has 0 saturated heterocycles. The molecule has 1 aromatic carbocycles. The van der Waals surface area contributed by atoms with Gasteiger partial charge >= 0.3 is 0 Å². The molecule has 0 amide bonds. The van der Waals surface area contributed by atoms with Crippen LogP contribution in [0.3, 0.4) is 0 Å². The summed E-state index contributed by atoms with van der Waals surface area (Å²) in [5.41, 5.74) is 2.22. The first-order chi connectivity index (χ1) is 13.3. The van der Waals surface area contributed by atoms with Crippen molar-refractivity contribution in [2.45, 2.75) is 89.4 Å². The standard InChI is InChI=1S/C26H37N/c1-2-5-21-8-10-22(11-9-21)6-3-4-7-23-12-16-25(17-13-23)26-18-14-24(20-27)15-19-26/h2,14-15,18-19,21-23,25H,1,3-13,16-17H2. The molecule has 0 aromatic heterocycles. The first-order valence-corrected chi connectivity index (χ1v) is 11.4. The Morgan fingerprint density at radius 2 is 1.33 bits per heavy atom. The number of hydrogen-bond acceptors (Lipinski definition) is 1. The summed E-state index contributed by atoms with van der Waals surface area (Å²) in [5, 5.41) is 8.94. The molecule has 146 valence electrons. The van der Waals surface area contributed by atoms with Crippen LogP contribution in [-0.2, 0) is 0 Å². The quantitative estimate of drug-likeness (QED) is 0.342. The number of nitriles is 1. The Kier molecular flexibility index (Phi) is 8.00. The highest BCUT2D eigenvalue weighted by atomic mass is 14.3. The normalized spacial score (nSPS) is 28.4. The number of benzene rings is 1. The van der Waals surface area contributed by atoms with Gasteiger partial charge in [0.2, 0.25) is 0 Å². The van der Waals surface area contributed by atoms with Crippen molar-refractivity contribution in [3.8, 4) is 6.07 Å². The zero-order valence-corrected chi connectivity index (χ0v) is 17.0. The minimum Gasteiger partial charge on any atom is -0.192 e. The van der Waals surface area contributed by atoms with Crippen molar-refractivity contribution >= 4 is 0 Å². The van der Waals surface area contributed by atoms with Gasteiger partial charge in [-0.2, -0.15) is 5.26 Å². The minimum absolute atomic E-state index is 0.722. The predicted molar refractivity (Wildman–Crippen MR) is 115 cm³/mol. The van der Waals surface area contributed by atoms with Gasteiger partial charge in [-0.3, -0.25) is 0 Å². The lowest BCUT2D eigenvalue weighted by atomic mass is 9.76. The van der Waals surface area contributed by atoms with Crippen LogP contribution < -0.4 is 0 Å². The van der Waals surface area contributed by atoms with E-state index in [9.17, 15) is 0 Å². The van der Waals surface area contributed by atoms with E-state index in [0.29, 0.717) is 0 Å². The third-order valence-electron chi connectivity index (χ3n) is 7.30. The predicted octanol–water partition coefficient (Wildman–Crippen LogP) is 7.77. The Hall–Kier alpha value is -1.55. The second-order valence-electron chi connectivity index (χ2n) is 9.15. The van der Waals surface area contributed by atoms with Crippen molar-refractivity contribution in [3.63, 3.8) is 0 Å². The zero-order chi connectivity index (χ0) is 18.9. The van der Waals surface area contributed by atoms with Crippen LogP contribution in [0, 0.1) is 29.1 Å². The average molecular weight is 364 g/mol. The molecule has 0 unspecified atom stereocenters. The molecule has 27 heavy (non-hydrogen) atoms. The molecule has 2 saturated carbocycles. The second kappa shape index (κ2) is 10.7. The number of hydrogen-bond donors (Lipinski definition) is 0. The third kappa shape index (κ3) is 6.24. The fraction of sp³-hybridized carbons (Fsp3) is 0.654. The molecule has 0 bridgehead atoms. The van der Waals surface area contributed by atoms with Gasteiger partial charge in [0, 0.05) is 0 Å². The zero-order valence-electron chi connectivity index (χ0n) is 17.0. The van der Waals surface area contributed by atoms with Gasteiger partial charge in [-0.25, -0.2) is 0 Å². The van der Waals surface area contributed by atoms with E-state index in [0.717, 1.165) is 29.2 Å². The van der Waals surface area contributed by atoms with E-state index < -0.39 is 0 Å². The molecule has 0 heterocycles.